The summed E-state index contributed by atoms with van der Waals surface area (Å²) in [4.78, 5) is 14.7. The molecule has 7 heteroatoms. The van der Waals surface area contributed by atoms with E-state index in [0.29, 0.717) is 23.6 Å². The van der Waals surface area contributed by atoms with Gasteiger partial charge in [0.15, 0.2) is 5.69 Å². The molecule has 1 N–H and O–H groups in total. The third kappa shape index (κ3) is 2.61. The molecule has 2 aromatic heterocycles. The Kier molecular flexibility index (Phi) is 3.37. The first-order valence-corrected chi connectivity index (χ1v) is 7.97. The number of aliphatic hydroxyl groups is 1. The second kappa shape index (κ2) is 5.42. The van der Waals surface area contributed by atoms with Gasteiger partial charge in [-0.15, -0.1) is 0 Å². The van der Waals surface area contributed by atoms with E-state index >= 15 is 0 Å². The van der Waals surface area contributed by atoms with Crippen LogP contribution in [0.25, 0.3) is 11.3 Å². The molecule has 0 atom stereocenters. The quantitative estimate of drug-likeness (QED) is 0.676. The Morgan fingerprint density at radius 3 is 2.78 bits per heavy atom. The molecule has 2 aromatic rings. The number of hydrogen-bond donors (Lipinski definition) is 1. The molecule has 2 fully saturated rings. The lowest BCUT2D eigenvalue weighted by Gasteiger charge is -2.34. The highest BCUT2D eigenvalue weighted by Crippen LogP contribution is 2.45. The lowest BCUT2D eigenvalue weighted by Crippen LogP contribution is -2.29. The molecule has 0 spiro atoms. The highest BCUT2D eigenvalue weighted by atomic mass is 16.6. The maximum atomic E-state index is 11.0. The van der Waals surface area contributed by atoms with E-state index in [4.69, 9.17) is 10.2 Å². The summed E-state index contributed by atoms with van der Waals surface area (Å²) in [6.07, 6.45) is 6.07. The van der Waals surface area contributed by atoms with Crippen molar-refractivity contribution in [3.63, 3.8) is 0 Å². The molecule has 0 unspecified atom stereocenters. The first-order chi connectivity index (χ1) is 11.2. The van der Waals surface area contributed by atoms with Crippen molar-refractivity contribution in [3.8, 4) is 11.3 Å². The van der Waals surface area contributed by atoms with E-state index in [1.54, 1.807) is 12.1 Å². The van der Waals surface area contributed by atoms with E-state index in [0.717, 1.165) is 36.9 Å². The summed E-state index contributed by atoms with van der Waals surface area (Å²) < 4.78 is 1.97. The van der Waals surface area contributed by atoms with E-state index in [2.05, 4.69) is 4.98 Å². The summed E-state index contributed by atoms with van der Waals surface area (Å²) in [6, 6.07) is 5.19. The first kappa shape index (κ1) is 14.3. The monoisotopic (exact) mass is 314 g/mol. The Balaban J connectivity index is 1.68. The number of aromatic nitrogens is 3. The zero-order chi connectivity index (χ0) is 16.0. The lowest BCUT2D eigenvalue weighted by atomic mass is 9.81. The number of aliphatic hydroxyl groups excluding tert-OH is 1. The van der Waals surface area contributed by atoms with Crippen LogP contribution in [0.1, 0.15) is 43.3 Å². The highest BCUT2D eigenvalue weighted by Gasteiger charge is 2.35. The van der Waals surface area contributed by atoms with Gasteiger partial charge in [0, 0.05) is 24.8 Å². The van der Waals surface area contributed by atoms with E-state index in [1.165, 1.54) is 6.07 Å². The van der Waals surface area contributed by atoms with Crippen molar-refractivity contribution in [2.45, 2.75) is 37.6 Å². The standard InChI is InChI=1S/C16H18N4O3/c21-9-10-6-12(7-10)19-8-13(16(18-19)11-4-5-11)14-2-1-3-15(17-14)20(22)23/h1-3,8,10-12,21H,4-7,9H2. The molecule has 0 amide bonds. The van der Waals surface area contributed by atoms with Crippen molar-refractivity contribution in [1.82, 2.24) is 14.8 Å². The fourth-order valence-corrected chi connectivity index (χ4v) is 3.19. The number of rotatable bonds is 5. The fraction of sp³-hybridized carbons (Fsp3) is 0.500. The number of hydrogen-bond acceptors (Lipinski definition) is 5. The van der Waals surface area contributed by atoms with Crippen LogP contribution in [0.15, 0.2) is 24.4 Å². The van der Waals surface area contributed by atoms with Crippen LogP contribution in [-0.4, -0.2) is 31.4 Å². The molecule has 4 rings (SSSR count). The maximum absolute atomic E-state index is 11.0. The van der Waals surface area contributed by atoms with Crippen LogP contribution in [0.2, 0.25) is 0 Å². The van der Waals surface area contributed by atoms with E-state index in [-0.39, 0.29) is 12.4 Å². The molecule has 2 aliphatic rings. The SMILES string of the molecule is O=[N+]([O-])c1cccc(-c2cn(C3CC(CO)C3)nc2C2CC2)n1. The van der Waals surface area contributed by atoms with Gasteiger partial charge in [0.2, 0.25) is 0 Å². The minimum atomic E-state index is -0.470. The number of nitrogens with zero attached hydrogens (tertiary/aromatic N) is 4. The molecular formula is C16H18N4O3. The second-order valence-electron chi connectivity index (χ2n) is 6.49. The summed E-state index contributed by atoms with van der Waals surface area (Å²) in [5.41, 5.74) is 2.53. The smallest absolute Gasteiger partial charge is 0.364 e. The second-order valence-corrected chi connectivity index (χ2v) is 6.49. The van der Waals surface area contributed by atoms with Crippen LogP contribution in [0, 0.1) is 16.0 Å². The van der Waals surface area contributed by atoms with E-state index < -0.39 is 4.92 Å². The van der Waals surface area contributed by atoms with Gasteiger partial charge in [-0.3, -0.25) is 4.68 Å². The number of pyridine rings is 1. The molecule has 0 aliphatic heterocycles. The van der Waals surface area contributed by atoms with Crippen LogP contribution in [0.5, 0.6) is 0 Å². The Morgan fingerprint density at radius 2 is 2.13 bits per heavy atom. The van der Waals surface area contributed by atoms with Gasteiger partial charge in [0.25, 0.3) is 0 Å². The summed E-state index contributed by atoms with van der Waals surface area (Å²) in [5.74, 6) is 0.676. The topological polar surface area (TPSA) is 94.1 Å². The van der Waals surface area contributed by atoms with Crippen molar-refractivity contribution in [1.29, 1.82) is 0 Å². The van der Waals surface area contributed by atoms with Crippen LogP contribution in [0.3, 0.4) is 0 Å². The molecule has 23 heavy (non-hydrogen) atoms. The molecule has 0 aromatic carbocycles. The molecule has 2 heterocycles. The molecule has 2 saturated carbocycles. The summed E-state index contributed by atoms with van der Waals surface area (Å²) >= 11 is 0. The molecule has 2 aliphatic carbocycles. The van der Waals surface area contributed by atoms with Crippen LogP contribution in [0.4, 0.5) is 5.82 Å². The van der Waals surface area contributed by atoms with Crippen LogP contribution >= 0.6 is 0 Å². The van der Waals surface area contributed by atoms with Gasteiger partial charge < -0.3 is 15.2 Å². The van der Waals surface area contributed by atoms with Gasteiger partial charge in [-0.2, -0.15) is 5.10 Å². The van der Waals surface area contributed by atoms with Gasteiger partial charge in [0.1, 0.15) is 0 Å². The normalized spacial score (nSPS) is 23.5. The molecule has 7 nitrogen and oxygen atoms in total. The summed E-state index contributed by atoms with van der Waals surface area (Å²) in [6.45, 7) is 0.229. The Hall–Kier alpha value is -2.28. The van der Waals surface area contributed by atoms with Crippen LogP contribution in [-0.2, 0) is 0 Å². The summed E-state index contributed by atoms with van der Waals surface area (Å²) in [7, 11) is 0. The van der Waals surface area contributed by atoms with Crippen LogP contribution < -0.4 is 0 Å². The minimum absolute atomic E-state index is 0.138. The van der Waals surface area contributed by atoms with Gasteiger partial charge in [-0.1, -0.05) is 0 Å². The number of nitro groups is 1. The first-order valence-electron chi connectivity index (χ1n) is 7.97. The van der Waals surface area contributed by atoms with Gasteiger partial charge >= 0.3 is 5.82 Å². The van der Waals surface area contributed by atoms with E-state index in [1.807, 2.05) is 10.9 Å². The molecule has 0 saturated heterocycles. The predicted octanol–water partition coefficient (Wildman–Crippen LogP) is 2.67. The molecule has 0 bridgehead atoms. The van der Waals surface area contributed by atoms with Crippen molar-refractivity contribution in [3.05, 3.63) is 40.2 Å². The lowest BCUT2D eigenvalue weighted by molar-refractivity contribution is -0.389. The van der Waals surface area contributed by atoms with Gasteiger partial charge in [0.05, 0.1) is 17.3 Å². The third-order valence-corrected chi connectivity index (χ3v) is 4.77. The van der Waals surface area contributed by atoms with Gasteiger partial charge in [-0.25, -0.2) is 0 Å². The Bertz CT molecular complexity index is 748. The molecular weight excluding hydrogens is 296 g/mol. The van der Waals surface area contributed by atoms with Gasteiger partial charge in [-0.05, 0) is 53.6 Å². The highest BCUT2D eigenvalue weighted by molar-refractivity contribution is 5.63. The fourth-order valence-electron chi connectivity index (χ4n) is 3.19. The Labute approximate surface area is 133 Å². The molecule has 120 valence electrons. The average Bonchev–Trinajstić information content (AvgIpc) is 3.26. The van der Waals surface area contributed by atoms with E-state index in [9.17, 15) is 10.1 Å². The predicted molar refractivity (Wildman–Crippen MR) is 82.9 cm³/mol. The Morgan fingerprint density at radius 1 is 1.35 bits per heavy atom. The van der Waals surface area contributed by atoms with Crippen molar-refractivity contribution in [2.24, 2.45) is 5.92 Å². The maximum Gasteiger partial charge on any atom is 0.364 e. The van der Waals surface area contributed by atoms with Crippen molar-refractivity contribution >= 4 is 5.82 Å². The largest absolute Gasteiger partial charge is 0.396 e. The zero-order valence-corrected chi connectivity index (χ0v) is 12.6. The zero-order valence-electron chi connectivity index (χ0n) is 12.6. The average molecular weight is 314 g/mol. The third-order valence-electron chi connectivity index (χ3n) is 4.77. The van der Waals surface area contributed by atoms with Crippen molar-refractivity contribution < 1.29 is 10.0 Å². The molecule has 0 radical (unpaired) electrons. The van der Waals surface area contributed by atoms with Crippen molar-refractivity contribution in [2.75, 3.05) is 6.61 Å². The minimum Gasteiger partial charge on any atom is -0.396 e. The summed E-state index contributed by atoms with van der Waals surface area (Å²) in [5, 5.41) is 24.9.